The van der Waals surface area contributed by atoms with Gasteiger partial charge in [0.1, 0.15) is 0 Å². The lowest BCUT2D eigenvalue weighted by Gasteiger charge is -2.41. The van der Waals surface area contributed by atoms with Gasteiger partial charge in [0.05, 0.1) is 0 Å². The maximum absolute atomic E-state index is 4.04. The highest BCUT2D eigenvalue weighted by atomic mass is 15.0. The Bertz CT molecular complexity index is 340. The molecule has 19 heavy (non-hydrogen) atoms. The summed E-state index contributed by atoms with van der Waals surface area (Å²) in [6.07, 6.45) is 11.6. The zero-order valence-corrected chi connectivity index (χ0v) is 13.5. The van der Waals surface area contributed by atoms with E-state index in [-0.39, 0.29) is 0 Å². The Morgan fingerprint density at radius 2 is 1.74 bits per heavy atom. The standard InChI is InChI=1S/C18H33N/c1-5-18(9-6-7-10-18)13-19-15-12-14-8-11-17(15,4)16(14,2)3/h14-15,19H,5-13H2,1-4H3. The molecule has 0 aromatic rings. The normalized spacial score (nSPS) is 42.9. The van der Waals surface area contributed by atoms with E-state index in [4.69, 9.17) is 0 Å². The number of nitrogens with one attached hydrogen (secondary N) is 1. The molecular weight excluding hydrogens is 230 g/mol. The Balaban J connectivity index is 1.66. The largest absolute Gasteiger partial charge is 0.313 e. The molecule has 3 unspecified atom stereocenters. The minimum Gasteiger partial charge on any atom is -0.313 e. The summed E-state index contributed by atoms with van der Waals surface area (Å²) in [5.41, 5.74) is 1.74. The molecule has 1 heteroatoms. The molecular formula is C18H33N. The molecule has 0 amide bonds. The first-order valence-electron chi connectivity index (χ1n) is 8.67. The van der Waals surface area contributed by atoms with Crippen molar-refractivity contribution in [2.45, 2.75) is 85.1 Å². The molecule has 0 aromatic carbocycles. The van der Waals surface area contributed by atoms with Crippen molar-refractivity contribution in [1.82, 2.24) is 5.32 Å². The van der Waals surface area contributed by atoms with Crippen molar-refractivity contribution in [3.05, 3.63) is 0 Å². The van der Waals surface area contributed by atoms with E-state index in [1.165, 1.54) is 57.9 Å². The van der Waals surface area contributed by atoms with Gasteiger partial charge in [-0.15, -0.1) is 0 Å². The van der Waals surface area contributed by atoms with Gasteiger partial charge in [-0.25, -0.2) is 0 Å². The van der Waals surface area contributed by atoms with Gasteiger partial charge in [-0.3, -0.25) is 0 Å². The predicted octanol–water partition coefficient (Wildman–Crippen LogP) is 4.76. The second kappa shape index (κ2) is 4.48. The van der Waals surface area contributed by atoms with Gasteiger partial charge < -0.3 is 5.32 Å². The minimum atomic E-state index is 0.547. The second-order valence-electron chi connectivity index (χ2n) is 8.60. The van der Waals surface area contributed by atoms with E-state index in [1.807, 2.05) is 0 Å². The molecule has 0 spiro atoms. The smallest absolute Gasteiger partial charge is 0.0129 e. The van der Waals surface area contributed by atoms with E-state index < -0.39 is 0 Å². The van der Waals surface area contributed by atoms with Crippen LogP contribution in [0.4, 0.5) is 0 Å². The van der Waals surface area contributed by atoms with Gasteiger partial charge in [-0.05, 0) is 60.7 Å². The van der Waals surface area contributed by atoms with Crippen molar-refractivity contribution >= 4 is 0 Å². The van der Waals surface area contributed by atoms with Gasteiger partial charge in [0.15, 0.2) is 0 Å². The molecule has 1 N–H and O–H groups in total. The number of rotatable bonds is 4. The summed E-state index contributed by atoms with van der Waals surface area (Å²) in [5, 5.41) is 4.04. The first-order valence-corrected chi connectivity index (χ1v) is 8.67. The third-order valence-corrected chi connectivity index (χ3v) is 7.93. The van der Waals surface area contributed by atoms with Crippen LogP contribution in [-0.2, 0) is 0 Å². The van der Waals surface area contributed by atoms with Crippen molar-refractivity contribution in [1.29, 1.82) is 0 Å². The molecule has 1 nitrogen and oxygen atoms in total. The molecule has 3 atom stereocenters. The Labute approximate surface area is 119 Å². The Hall–Kier alpha value is -0.0400. The first kappa shape index (κ1) is 13.9. The fourth-order valence-electron chi connectivity index (χ4n) is 5.63. The molecule has 0 aliphatic heterocycles. The molecule has 2 bridgehead atoms. The lowest BCUT2D eigenvalue weighted by Crippen LogP contribution is -2.47. The number of hydrogen-bond donors (Lipinski definition) is 1. The fraction of sp³-hybridized carbons (Fsp3) is 1.00. The fourth-order valence-corrected chi connectivity index (χ4v) is 5.63. The molecule has 3 aliphatic carbocycles. The van der Waals surface area contributed by atoms with Crippen LogP contribution >= 0.6 is 0 Å². The summed E-state index contributed by atoms with van der Waals surface area (Å²) in [6, 6.07) is 0.783. The highest BCUT2D eigenvalue weighted by Gasteiger charge is 2.61. The van der Waals surface area contributed by atoms with E-state index in [2.05, 4.69) is 33.0 Å². The van der Waals surface area contributed by atoms with Crippen molar-refractivity contribution in [3.63, 3.8) is 0 Å². The van der Waals surface area contributed by atoms with Crippen LogP contribution < -0.4 is 5.32 Å². The number of hydrogen-bond acceptors (Lipinski definition) is 1. The Morgan fingerprint density at radius 1 is 1.05 bits per heavy atom. The van der Waals surface area contributed by atoms with Gasteiger partial charge in [0.2, 0.25) is 0 Å². The van der Waals surface area contributed by atoms with Crippen molar-refractivity contribution in [3.8, 4) is 0 Å². The summed E-state index contributed by atoms with van der Waals surface area (Å²) >= 11 is 0. The van der Waals surface area contributed by atoms with Crippen molar-refractivity contribution in [2.75, 3.05) is 6.54 Å². The lowest BCUT2D eigenvalue weighted by atomic mass is 9.69. The summed E-state index contributed by atoms with van der Waals surface area (Å²) in [5.74, 6) is 0.969. The Morgan fingerprint density at radius 3 is 2.21 bits per heavy atom. The van der Waals surface area contributed by atoms with E-state index in [0.29, 0.717) is 16.2 Å². The zero-order chi connectivity index (χ0) is 13.7. The lowest BCUT2D eigenvalue weighted by molar-refractivity contribution is 0.111. The van der Waals surface area contributed by atoms with Gasteiger partial charge in [0, 0.05) is 12.6 Å². The van der Waals surface area contributed by atoms with Crippen LogP contribution in [0.15, 0.2) is 0 Å². The average Bonchev–Trinajstić information content (AvgIpc) is 2.99. The predicted molar refractivity (Wildman–Crippen MR) is 82.2 cm³/mol. The molecule has 0 heterocycles. The third kappa shape index (κ3) is 1.91. The van der Waals surface area contributed by atoms with Crippen LogP contribution in [0, 0.1) is 22.2 Å². The first-order chi connectivity index (χ1) is 8.94. The van der Waals surface area contributed by atoms with Gasteiger partial charge in [-0.1, -0.05) is 40.5 Å². The maximum Gasteiger partial charge on any atom is 0.0129 e. The van der Waals surface area contributed by atoms with Gasteiger partial charge >= 0.3 is 0 Å². The summed E-state index contributed by atoms with van der Waals surface area (Å²) in [7, 11) is 0. The minimum absolute atomic E-state index is 0.547. The van der Waals surface area contributed by atoms with Crippen molar-refractivity contribution in [2.24, 2.45) is 22.2 Å². The molecule has 3 fully saturated rings. The third-order valence-electron chi connectivity index (χ3n) is 7.93. The Kier molecular flexibility index (Phi) is 3.28. The quantitative estimate of drug-likeness (QED) is 0.771. The second-order valence-corrected chi connectivity index (χ2v) is 8.60. The molecule has 110 valence electrons. The summed E-state index contributed by atoms with van der Waals surface area (Å²) < 4.78 is 0. The van der Waals surface area contributed by atoms with E-state index in [0.717, 1.165) is 12.0 Å². The number of fused-ring (bicyclic) bond motifs is 2. The van der Waals surface area contributed by atoms with Gasteiger partial charge in [0.25, 0.3) is 0 Å². The van der Waals surface area contributed by atoms with Crippen LogP contribution in [0.2, 0.25) is 0 Å². The topological polar surface area (TPSA) is 12.0 Å². The summed E-state index contributed by atoms with van der Waals surface area (Å²) in [4.78, 5) is 0. The molecule has 0 radical (unpaired) electrons. The van der Waals surface area contributed by atoms with Crippen LogP contribution in [0.3, 0.4) is 0 Å². The van der Waals surface area contributed by atoms with Crippen molar-refractivity contribution < 1.29 is 0 Å². The van der Waals surface area contributed by atoms with Gasteiger partial charge in [-0.2, -0.15) is 0 Å². The molecule has 0 aromatic heterocycles. The van der Waals surface area contributed by atoms with Crippen LogP contribution in [0.5, 0.6) is 0 Å². The molecule has 3 rings (SSSR count). The maximum atomic E-state index is 4.04. The zero-order valence-electron chi connectivity index (χ0n) is 13.5. The highest BCUT2D eigenvalue weighted by Crippen LogP contribution is 2.65. The average molecular weight is 263 g/mol. The summed E-state index contributed by atoms with van der Waals surface area (Å²) in [6.45, 7) is 11.3. The van der Waals surface area contributed by atoms with Crippen LogP contribution in [0.1, 0.15) is 79.1 Å². The molecule has 3 aliphatic rings. The van der Waals surface area contributed by atoms with Crippen LogP contribution in [-0.4, -0.2) is 12.6 Å². The van der Waals surface area contributed by atoms with Crippen LogP contribution in [0.25, 0.3) is 0 Å². The highest BCUT2D eigenvalue weighted by molar-refractivity contribution is 5.13. The van der Waals surface area contributed by atoms with E-state index >= 15 is 0 Å². The monoisotopic (exact) mass is 263 g/mol. The van der Waals surface area contributed by atoms with E-state index in [1.54, 1.807) is 0 Å². The SMILES string of the molecule is CCC1(CNC2CC3CCC2(C)C3(C)C)CCCC1. The molecule has 3 saturated carbocycles. The van der Waals surface area contributed by atoms with E-state index in [9.17, 15) is 0 Å². The molecule has 0 saturated heterocycles.